The number of carbonyl (C=O) groups excluding carboxylic acids is 1. The number of benzene rings is 1. The first-order valence-corrected chi connectivity index (χ1v) is 11.1. The van der Waals surface area contributed by atoms with Gasteiger partial charge in [-0.25, -0.2) is 4.79 Å². The Labute approximate surface area is 188 Å². The summed E-state index contributed by atoms with van der Waals surface area (Å²) in [7, 11) is 1.11. The molecule has 8 heteroatoms. The molecule has 1 aliphatic heterocycles. The molecule has 2 aromatic rings. The molecule has 1 fully saturated rings. The zero-order valence-electron chi connectivity index (χ0n) is 18.8. The van der Waals surface area contributed by atoms with E-state index >= 15 is 0 Å². The molecule has 1 N–H and O–H groups in total. The fourth-order valence-electron chi connectivity index (χ4n) is 3.05. The third kappa shape index (κ3) is 6.20. The minimum atomic E-state index is -0.565. The highest BCUT2D eigenvalue weighted by atomic mass is 32.1. The summed E-state index contributed by atoms with van der Waals surface area (Å²) in [6.07, 6.45) is 1.51. The van der Waals surface area contributed by atoms with Gasteiger partial charge in [-0.05, 0) is 55.7 Å². The molecule has 0 unspecified atom stereocenters. The Balaban J connectivity index is 1.69. The Kier molecular flexibility index (Phi) is 7.59. The fourth-order valence-corrected chi connectivity index (χ4v) is 3.86. The minimum absolute atomic E-state index is 0.215. The Morgan fingerprint density at radius 3 is 2.45 bits per heavy atom. The molecule has 1 aromatic heterocycles. The lowest BCUT2D eigenvalue weighted by molar-refractivity contribution is 0.00578. The largest absolute Gasteiger partial charge is 0.492 e. The number of rotatable bonds is 8. The van der Waals surface area contributed by atoms with Gasteiger partial charge < -0.3 is 24.1 Å². The van der Waals surface area contributed by atoms with Crippen molar-refractivity contribution in [2.45, 2.75) is 52.1 Å². The van der Waals surface area contributed by atoms with Crippen molar-refractivity contribution in [1.82, 2.24) is 5.32 Å². The van der Waals surface area contributed by atoms with Gasteiger partial charge in [-0.15, -0.1) is 11.3 Å². The van der Waals surface area contributed by atoms with E-state index in [1.165, 1.54) is 0 Å². The second-order valence-corrected chi connectivity index (χ2v) is 9.50. The van der Waals surface area contributed by atoms with Crippen LogP contribution in [0.4, 0.5) is 4.79 Å². The van der Waals surface area contributed by atoms with Crippen LogP contribution in [0.5, 0.6) is 0 Å². The Bertz CT molecular complexity index is 894. The summed E-state index contributed by atoms with van der Waals surface area (Å²) in [6, 6.07) is 11.6. The van der Waals surface area contributed by atoms with Crippen LogP contribution in [-0.4, -0.2) is 38.1 Å². The number of carbonyl (C=O) groups is 1. The van der Waals surface area contributed by atoms with E-state index in [0.717, 1.165) is 21.5 Å². The molecule has 0 saturated carbocycles. The number of amides is 1. The van der Waals surface area contributed by atoms with E-state index in [-0.39, 0.29) is 13.2 Å². The van der Waals surface area contributed by atoms with Crippen LogP contribution >= 0.6 is 11.3 Å². The van der Waals surface area contributed by atoms with Crippen molar-refractivity contribution in [3.63, 3.8) is 0 Å². The van der Waals surface area contributed by atoms with Crippen LogP contribution in [0.25, 0.3) is 6.08 Å². The highest BCUT2D eigenvalue weighted by Crippen LogP contribution is 2.38. The van der Waals surface area contributed by atoms with E-state index in [4.69, 9.17) is 18.8 Å². The summed E-state index contributed by atoms with van der Waals surface area (Å²) in [5.74, 6) is 0. The molecule has 2 heterocycles. The first-order chi connectivity index (χ1) is 14.7. The van der Waals surface area contributed by atoms with E-state index in [9.17, 15) is 4.79 Å². The van der Waals surface area contributed by atoms with Crippen LogP contribution in [0.3, 0.4) is 0 Å². The number of hydrogen-bond donors (Lipinski definition) is 1. The van der Waals surface area contributed by atoms with Crippen LogP contribution in [-0.2, 0) is 32.0 Å². The standard InChI is InChI=1S/C23H30BNO5S/c1-22(2)23(3,4)30-24(29-22)19(11-18-12-20(15-27-5)31-16-18)13-25-21(26)28-14-17-9-7-6-8-10-17/h6-12,16H,13-15H2,1-5H3,(H,25,26). The monoisotopic (exact) mass is 443 g/mol. The summed E-state index contributed by atoms with van der Waals surface area (Å²) >= 11 is 1.63. The van der Waals surface area contributed by atoms with Crippen molar-refractivity contribution in [3.8, 4) is 0 Å². The van der Waals surface area contributed by atoms with Crippen molar-refractivity contribution >= 4 is 30.6 Å². The van der Waals surface area contributed by atoms with Gasteiger partial charge in [-0.1, -0.05) is 36.4 Å². The molecule has 0 aliphatic carbocycles. The molecule has 1 saturated heterocycles. The average Bonchev–Trinajstić information content (AvgIpc) is 3.25. The van der Waals surface area contributed by atoms with E-state index in [1.54, 1.807) is 18.4 Å². The van der Waals surface area contributed by atoms with E-state index in [2.05, 4.69) is 11.4 Å². The molecule has 166 valence electrons. The van der Waals surface area contributed by atoms with E-state index in [0.29, 0.717) is 6.61 Å². The molecule has 1 aromatic carbocycles. The molecule has 1 amide bonds. The van der Waals surface area contributed by atoms with Crippen LogP contribution in [0.1, 0.15) is 43.7 Å². The second kappa shape index (κ2) is 10.00. The van der Waals surface area contributed by atoms with Gasteiger partial charge in [-0.3, -0.25) is 0 Å². The molecule has 0 atom stereocenters. The zero-order valence-corrected chi connectivity index (χ0v) is 19.6. The van der Waals surface area contributed by atoms with Crippen LogP contribution in [0.2, 0.25) is 0 Å². The van der Waals surface area contributed by atoms with Crippen LogP contribution in [0, 0.1) is 0 Å². The maximum absolute atomic E-state index is 12.3. The Hall–Kier alpha value is -2.13. The Morgan fingerprint density at radius 1 is 1.13 bits per heavy atom. The molecular weight excluding hydrogens is 413 g/mol. The predicted octanol–water partition coefficient (Wildman–Crippen LogP) is 4.84. The number of alkyl carbamates (subject to hydrolysis) is 1. The lowest BCUT2D eigenvalue weighted by Gasteiger charge is -2.32. The highest BCUT2D eigenvalue weighted by Gasteiger charge is 2.52. The lowest BCUT2D eigenvalue weighted by atomic mass is 9.77. The number of methoxy groups -OCH3 is 1. The number of ether oxygens (including phenoxy) is 2. The number of thiophene rings is 1. The van der Waals surface area contributed by atoms with Gasteiger partial charge in [0.1, 0.15) is 6.61 Å². The third-order valence-electron chi connectivity index (χ3n) is 5.52. The molecule has 3 rings (SSSR count). The molecule has 6 nitrogen and oxygen atoms in total. The highest BCUT2D eigenvalue weighted by molar-refractivity contribution is 7.10. The lowest BCUT2D eigenvalue weighted by Crippen LogP contribution is -2.41. The fraction of sp³-hybridized carbons (Fsp3) is 0.435. The second-order valence-electron chi connectivity index (χ2n) is 8.50. The van der Waals surface area contributed by atoms with Gasteiger partial charge >= 0.3 is 13.2 Å². The first kappa shape index (κ1) is 23.5. The van der Waals surface area contributed by atoms with E-state index in [1.807, 2.05) is 69.5 Å². The Morgan fingerprint density at radius 2 is 1.81 bits per heavy atom. The topological polar surface area (TPSA) is 66.0 Å². The maximum atomic E-state index is 12.3. The number of nitrogens with one attached hydrogen (secondary N) is 1. The van der Waals surface area contributed by atoms with Gasteiger partial charge in [0.15, 0.2) is 0 Å². The first-order valence-electron chi connectivity index (χ1n) is 10.3. The quantitative estimate of drug-likeness (QED) is 0.592. The van der Waals surface area contributed by atoms with Crippen LogP contribution in [0.15, 0.2) is 47.3 Å². The average molecular weight is 443 g/mol. The van der Waals surface area contributed by atoms with Crippen molar-refractivity contribution in [2.75, 3.05) is 13.7 Å². The molecular formula is C23H30BNO5S. The van der Waals surface area contributed by atoms with E-state index < -0.39 is 24.4 Å². The SMILES string of the molecule is COCc1cc(C=C(CNC(=O)OCc2ccccc2)B2OC(C)(C)C(C)(C)O2)cs1. The summed E-state index contributed by atoms with van der Waals surface area (Å²) in [4.78, 5) is 13.4. The van der Waals surface area contributed by atoms with Crippen LogP contribution < -0.4 is 5.32 Å². The molecule has 0 spiro atoms. The summed E-state index contributed by atoms with van der Waals surface area (Å²) < 4.78 is 23.0. The molecule has 31 heavy (non-hydrogen) atoms. The van der Waals surface area contributed by atoms with Gasteiger partial charge in [0, 0.05) is 18.5 Å². The summed E-state index contributed by atoms with van der Waals surface area (Å²) in [5.41, 5.74) is 1.82. The van der Waals surface area contributed by atoms with Gasteiger partial charge in [0.25, 0.3) is 0 Å². The minimum Gasteiger partial charge on any atom is -0.445 e. The van der Waals surface area contributed by atoms with Gasteiger partial charge in [-0.2, -0.15) is 0 Å². The van der Waals surface area contributed by atoms with Gasteiger partial charge in [0.05, 0.1) is 17.8 Å². The van der Waals surface area contributed by atoms with Crippen molar-refractivity contribution in [3.05, 3.63) is 63.3 Å². The smallest absolute Gasteiger partial charge is 0.445 e. The summed E-state index contributed by atoms with van der Waals surface area (Å²) in [5, 5.41) is 4.88. The normalized spacial score (nSPS) is 17.6. The molecule has 0 radical (unpaired) electrons. The van der Waals surface area contributed by atoms with Crippen molar-refractivity contribution in [2.24, 2.45) is 0 Å². The zero-order chi connectivity index (χ0) is 22.5. The third-order valence-corrected chi connectivity index (χ3v) is 6.45. The summed E-state index contributed by atoms with van der Waals surface area (Å²) in [6.45, 7) is 9.06. The predicted molar refractivity (Wildman–Crippen MR) is 124 cm³/mol. The maximum Gasteiger partial charge on any atom is 0.492 e. The molecule has 0 bridgehead atoms. The molecule has 1 aliphatic rings. The number of hydrogen-bond acceptors (Lipinski definition) is 6. The van der Waals surface area contributed by atoms with Gasteiger partial charge in [0.2, 0.25) is 0 Å². The van der Waals surface area contributed by atoms with Crippen molar-refractivity contribution < 1.29 is 23.6 Å². The van der Waals surface area contributed by atoms with Crippen molar-refractivity contribution in [1.29, 1.82) is 0 Å².